The van der Waals surface area contributed by atoms with Crippen molar-refractivity contribution in [2.45, 2.75) is 25.3 Å². The number of rotatable bonds is 6. The Labute approximate surface area is 73.2 Å². The molecule has 12 heavy (non-hydrogen) atoms. The van der Waals surface area contributed by atoms with Crippen molar-refractivity contribution in [1.82, 2.24) is 10.6 Å². The Bertz CT molecular complexity index is 164. The highest BCUT2D eigenvalue weighted by molar-refractivity contribution is 5.77. The standard InChI is InChI=1S/C9H16N2O/c1-2-3-9(12)11-7-6-10-8-4-5-8/h2,8,10H,1,3-7H2,(H,11,12). The molecular formula is C9H16N2O. The van der Waals surface area contributed by atoms with Gasteiger partial charge in [0.15, 0.2) is 0 Å². The van der Waals surface area contributed by atoms with Crippen LogP contribution < -0.4 is 10.6 Å². The van der Waals surface area contributed by atoms with Crippen LogP contribution >= 0.6 is 0 Å². The first-order valence-electron chi connectivity index (χ1n) is 4.44. The van der Waals surface area contributed by atoms with E-state index in [1.54, 1.807) is 6.08 Å². The fourth-order valence-corrected chi connectivity index (χ4v) is 0.969. The number of carbonyl (C=O) groups excluding carboxylic acids is 1. The monoisotopic (exact) mass is 168 g/mol. The fourth-order valence-electron chi connectivity index (χ4n) is 0.969. The Morgan fingerprint density at radius 1 is 1.50 bits per heavy atom. The molecule has 0 aromatic carbocycles. The minimum Gasteiger partial charge on any atom is -0.355 e. The van der Waals surface area contributed by atoms with Crippen LogP contribution in [0.15, 0.2) is 12.7 Å². The zero-order chi connectivity index (χ0) is 8.81. The molecule has 2 N–H and O–H groups in total. The number of amides is 1. The lowest BCUT2D eigenvalue weighted by molar-refractivity contribution is -0.120. The molecule has 68 valence electrons. The predicted octanol–water partition coefficient (Wildman–Crippen LogP) is 0.431. The number of carbonyl (C=O) groups is 1. The first-order chi connectivity index (χ1) is 5.83. The third-order valence-electron chi connectivity index (χ3n) is 1.79. The predicted molar refractivity (Wildman–Crippen MR) is 48.8 cm³/mol. The topological polar surface area (TPSA) is 41.1 Å². The van der Waals surface area contributed by atoms with Gasteiger partial charge in [-0.25, -0.2) is 0 Å². The third-order valence-corrected chi connectivity index (χ3v) is 1.79. The molecule has 1 rings (SSSR count). The maximum absolute atomic E-state index is 10.9. The van der Waals surface area contributed by atoms with Crippen LogP contribution in [-0.4, -0.2) is 25.0 Å². The van der Waals surface area contributed by atoms with Gasteiger partial charge in [-0.15, -0.1) is 6.58 Å². The molecule has 0 heterocycles. The molecule has 0 aromatic rings. The van der Waals surface area contributed by atoms with Crippen molar-refractivity contribution in [3.63, 3.8) is 0 Å². The van der Waals surface area contributed by atoms with Crippen molar-refractivity contribution in [2.24, 2.45) is 0 Å². The zero-order valence-corrected chi connectivity index (χ0v) is 7.31. The lowest BCUT2D eigenvalue weighted by atomic mass is 10.4. The second-order valence-corrected chi connectivity index (χ2v) is 3.07. The minimum absolute atomic E-state index is 0.0580. The maximum Gasteiger partial charge on any atom is 0.223 e. The van der Waals surface area contributed by atoms with E-state index in [9.17, 15) is 4.79 Å². The van der Waals surface area contributed by atoms with Crippen LogP contribution in [0.2, 0.25) is 0 Å². The smallest absolute Gasteiger partial charge is 0.223 e. The van der Waals surface area contributed by atoms with E-state index < -0.39 is 0 Å². The van der Waals surface area contributed by atoms with Gasteiger partial charge in [-0.2, -0.15) is 0 Å². The molecule has 1 aliphatic rings. The quantitative estimate of drug-likeness (QED) is 0.446. The van der Waals surface area contributed by atoms with Crippen LogP contribution in [0, 0.1) is 0 Å². The lowest BCUT2D eigenvalue weighted by Gasteiger charge is -2.03. The molecule has 0 saturated heterocycles. The van der Waals surface area contributed by atoms with E-state index >= 15 is 0 Å². The largest absolute Gasteiger partial charge is 0.355 e. The number of hydrogen-bond donors (Lipinski definition) is 2. The van der Waals surface area contributed by atoms with Gasteiger partial charge < -0.3 is 10.6 Å². The molecule has 0 unspecified atom stereocenters. The van der Waals surface area contributed by atoms with Crippen molar-refractivity contribution in [3.8, 4) is 0 Å². The first-order valence-corrected chi connectivity index (χ1v) is 4.44. The highest BCUT2D eigenvalue weighted by Crippen LogP contribution is 2.17. The zero-order valence-electron chi connectivity index (χ0n) is 7.31. The minimum atomic E-state index is 0.0580. The summed E-state index contributed by atoms with van der Waals surface area (Å²) in [5.74, 6) is 0.0580. The summed E-state index contributed by atoms with van der Waals surface area (Å²) in [5, 5.41) is 6.11. The van der Waals surface area contributed by atoms with E-state index in [1.807, 2.05) is 0 Å². The highest BCUT2D eigenvalue weighted by Gasteiger charge is 2.19. The highest BCUT2D eigenvalue weighted by atomic mass is 16.1. The summed E-state index contributed by atoms with van der Waals surface area (Å²) in [6, 6.07) is 0.723. The lowest BCUT2D eigenvalue weighted by Crippen LogP contribution is -2.32. The SMILES string of the molecule is C=CCC(=O)NCCNC1CC1. The van der Waals surface area contributed by atoms with Crippen molar-refractivity contribution in [3.05, 3.63) is 12.7 Å². The first kappa shape index (κ1) is 9.26. The van der Waals surface area contributed by atoms with Gasteiger partial charge in [0.2, 0.25) is 5.91 Å². The molecular weight excluding hydrogens is 152 g/mol. The van der Waals surface area contributed by atoms with Gasteiger partial charge in [0.25, 0.3) is 0 Å². The summed E-state index contributed by atoms with van der Waals surface area (Å²) < 4.78 is 0. The molecule has 0 atom stereocenters. The van der Waals surface area contributed by atoms with E-state index in [1.165, 1.54) is 12.8 Å². The maximum atomic E-state index is 10.9. The Balaban J connectivity index is 1.86. The van der Waals surface area contributed by atoms with Gasteiger partial charge in [-0.1, -0.05) is 6.08 Å². The number of hydrogen-bond acceptors (Lipinski definition) is 2. The second-order valence-electron chi connectivity index (χ2n) is 3.07. The van der Waals surface area contributed by atoms with Gasteiger partial charge in [0.05, 0.1) is 0 Å². The summed E-state index contributed by atoms with van der Waals surface area (Å²) in [4.78, 5) is 10.9. The van der Waals surface area contributed by atoms with Crippen LogP contribution in [0.1, 0.15) is 19.3 Å². The summed E-state index contributed by atoms with van der Waals surface area (Å²) in [7, 11) is 0. The van der Waals surface area contributed by atoms with Crippen LogP contribution in [0.4, 0.5) is 0 Å². The Hall–Kier alpha value is -0.830. The van der Waals surface area contributed by atoms with Gasteiger partial charge in [0.1, 0.15) is 0 Å². The summed E-state index contributed by atoms with van der Waals surface area (Å²) in [6.45, 7) is 5.10. The van der Waals surface area contributed by atoms with Gasteiger partial charge >= 0.3 is 0 Å². The normalized spacial score (nSPS) is 15.7. The van der Waals surface area contributed by atoms with Crippen molar-refractivity contribution in [1.29, 1.82) is 0 Å². The van der Waals surface area contributed by atoms with E-state index in [4.69, 9.17) is 0 Å². The third kappa shape index (κ3) is 4.13. The van der Waals surface area contributed by atoms with E-state index in [0.717, 1.165) is 19.1 Å². The molecule has 0 radical (unpaired) electrons. The summed E-state index contributed by atoms with van der Waals surface area (Å²) >= 11 is 0. The summed E-state index contributed by atoms with van der Waals surface area (Å²) in [5.41, 5.74) is 0. The average molecular weight is 168 g/mol. The Morgan fingerprint density at radius 3 is 2.83 bits per heavy atom. The van der Waals surface area contributed by atoms with Gasteiger partial charge in [0, 0.05) is 25.6 Å². The molecule has 0 aliphatic heterocycles. The van der Waals surface area contributed by atoms with Crippen LogP contribution in [-0.2, 0) is 4.79 Å². The summed E-state index contributed by atoms with van der Waals surface area (Å²) in [6.07, 6.45) is 4.62. The Morgan fingerprint density at radius 2 is 2.25 bits per heavy atom. The van der Waals surface area contributed by atoms with Crippen molar-refractivity contribution >= 4 is 5.91 Å². The molecule has 3 nitrogen and oxygen atoms in total. The van der Waals surface area contributed by atoms with Gasteiger partial charge in [-0.3, -0.25) is 4.79 Å². The van der Waals surface area contributed by atoms with E-state index in [0.29, 0.717) is 6.42 Å². The Kier molecular flexibility index (Phi) is 3.80. The number of nitrogens with one attached hydrogen (secondary N) is 2. The average Bonchev–Trinajstić information content (AvgIpc) is 2.82. The molecule has 1 amide bonds. The molecule has 1 aliphatic carbocycles. The molecule has 0 bridgehead atoms. The van der Waals surface area contributed by atoms with E-state index in [-0.39, 0.29) is 5.91 Å². The molecule has 0 spiro atoms. The molecule has 3 heteroatoms. The van der Waals surface area contributed by atoms with Crippen LogP contribution in [0.3, 0.4) is 0 Å². The second kappa shape index (κ2) is 4.93. The molecule has 1 fully saturated rings. The molecule has 0 aromatic heterocycles. The molecule has 1 saturated carbocycles. The van der Waals surface area contributed by atoms with E-state index in [2.05, 4.69) is 17.2 Å². The van der Waals surface area contributed by atoms with Crippen molar-refractivity contribution < 1.29 is 4.79 Å². The van der Waals surface area contributed by atoms with Crippen LogP contribution in [0.25, 0.3) is 0 Å². The van der Waals surface area contributed by atoms with Gasteiger partial charge in [-0.05, 0) is 12.8 Å². The van der Waals surface area contributed by atoms with Crippen LogP contribution in [0.5, 0.6) is 0 Å². The fraction of sp³-hybridized carbons (Fsp3) is 0.667. The van der Waals surface area contributed by atoms with Crippen molar-refractivity contribution in [2.75, 3.05) is 13.1 Å².